The highest BCUT2D eigenvalue weighted by molar-refractivity contribution is 5.59. The van der Waals surface area contributed by atoms with Crippen molar-refractivity contribution in [2.24, 2.45) is 0 Å². The molecule has 93 valence electrons. The third-order valence-electron chi connectivity index (χ3n) is 2.94. The lowest BCUT2D eigenvalue weighted by Crippen LogP contribution is -2.03. The van der Waals surface area contributed by atoms with Crippen LogP contribution in [0.4, 0.5) is 0 Å². The van der Waals surface area contributed by atoms with Crippen molar-refractivity contribution in [3.05, 3.63) is 24.2 Å². The van der Waals surface area contributed by atoms with E-state index >= 15 is 0 Å². The molecular formula is C12H13N4O2. The highest BCUT2D eigenvalue weighted by atomic mass is 16.5. The van der Waals surface area contributed by atoms with Crippen molar-refractivity contribution in [2.75, 3.05) is 13.7 Å². The molecule has 0 bridgehead atoms. The number of methoxy groups -OCH3 is 1. The first-order valence-electron chi connectivity index (χ1n) is 5.87. The fraction of sp³-hybridized carbons (Fsp3) is 0.417. The molecule has 0 aliphatic carbocycles. The number of nitrogens with zero attached hydrogens (tertiary/aromatic N) is 4. The van der Waals surface area contributed by atoms with Crippen molar-refractivity contribution < 1.29 is 9.26 Å². The minimum Gasteiger partial charge on any atom is -0.479 e. The van der Waals surface area contributed by atoms with Crippen LogP contribution in [0.3, 0.4) is 0 Å². The van der Waals surface area contributed by atoms with Crippen molar-refractivity contribution in [3.63, 3.8) is 0 Å². The molecule has 2 aromatic rings. The Balaban J connectivity index is 1.92. The number of hydrogen-bond acceptors (Lipinski definition) is 5. The van der Waals surface area contributed by atoms with Gasteiger partial charge in [0.1, 0.15) is 5.69 Å². The molecule has 3 rings (SSSR count). The Bertz CT molecular complexity index is 534. The van der Waals surface area contributed by atoms with E-state index in [2.05, 4.69) is 20.4 Å². The molecule has 0 N–H and O–H groups in total. The van der Waals surface area contributed by atoms with E-state index in [4.69, 9.17) is 9.26 Å². The van der Waals surface area contributed by atoms with E-state index in [1.54, 1.807) is 19.5 Å². The molecular weight excluding hydrogens is 232 g/mol. The first kappa shape index (κ1) is 11.2. The van der Waals surface area contributed by atoms with Gasteiger partial charge in [-0.05, 0) is 12.8 Å². The van der Waals surface area contributed by atoms with Crippen LogP contribution >= 0.6 is 0 Å². The molecule has 6 heteroatoms. The molecule has 0 aromatic carbocycles. The summed E-state index contributed by atoms with van der Waals surface area (Å²) in [6, 6.07) is 2.00. The van der Waals surface area contributed by atoms with Gasteiger partial charge in [-0.1, -0.05) is 5.16 Å². The monoisotopic (exact) mass is 245 g/mol. The summed E-state index contributed by atoms with van der Waals surface area (Å²) >= 11 is 0. The standard InChI is InChI=1S/C12H13N4O2/c1-17-12-11(14-5-6-15-12)9-7-10(18-16-9)8-3-2-4-13-8/h5-8H,2-4H2,1H3. The van der Waals surface area contributed by atoms with Crippen molar-refractivity contribution in [1.29, 1.82) is 0 Å². The molecule has 1 unspecified atom stereocenters. The Morgan fingerprint density at radius 1 is 1.33 bits per heavy atom. The Morgan fingerprint density at radius 2 is 2.22 bits per heavy atom. The fourth-order valence-corrected chi connectivity index (χ4v) is 2.06. The average molecular weight is 245 g/mol. The smallest absolute Gasteiger partial charge is 0.242 e. The van der Waals surface area contributed by atoms with E-state index in [-0.39, 0.29) is 6.04 Å². The lowest BCUT2D eigenvalue weighted by molar-refractivity contribution is 0.350. The van der Waals surface area contributed by atoms with Gasteiger partial charge in [-0.2, -0.15) is 0 Å². The average Bonchev–Trinajstić information content (AvgIpc) is 3.09. The summed E-state index contributed by atoms with van der Waals surface area (Å²) in [5.41, 5.74) is 1.23. The SMILES string of the molecule is COc1nccnc1-c1cc(C2CCC[N]2)on1. The third kappa shape index (κ3) is 1.95. The van der Waals surface area contributed by atoms with Crippen LogP contribution in [0.1, 0.15) is 24.6 Å². The van der Waals surface area contributed by atoms with Crippen LogP contribution in [0.5, 0.6) is 5.88 Å². The van der Waals surface area contributed by atoms with Gasteiger partial charge in [0.25, 0.3) is 0 Å². The zero-order valence-corrected chi connectivity index (χ0v) is 10.0. The largest absolute Gasteiger partial charge is 0.479 e. The molecule has 0 spiro atoms. The van der Waals surface area contributed by atoms with Gasteiger partial charge in [0.15, 0.2) is 11.5 Å². The van der Waals surface area contributed by atoms with Crippen LogP contribution < -0.4 is 10.1 Å². The number of hydrogen-bond donors (Lipinski definition) is 0. The van der Waals surface area contributed by atoms with Gasteiger partial charge in [-0.3, -0.25) is 0 Å². The van der Waals surface area contributed by atoms with Gasteiger partial charge < -0.3 is 9.26 Å². The van der Waals surface area contributed by atoms with Crippen LogP contribution in [-0.2, 0) is 0 Å². The molecule has 18 heavy (non-hydrogen) atoms. The maximum atomic E-state index is 5.34. The van der Waals surface area contributed by atoms with E-state index in [1.165, 1.54) is 0 Å². The molecule has 6 nitrogen and oxygen atoms in total. The lowest BCUT2D eigenvalue weighted by Gasteiger charge is -2.02. The Kier molecular flexibility index (Phi) is 2.93. The molecule has 0 saturated carbocycles. The van der Waals surface area contributed by atoms with E-state index < -0.39 is 0 Å². The topological polar surface area (TPSA) is 75.1 Å². The van der Waals surface area contributed by atoms with E-state index in [9.17, 15) is 0 Å². The second kappa shape index (κ2) is 4.73. The predicted octanol–water partition coefficient (Wildman–Crippen LogP) is 1.58. The summed E-state index contributed by atoms with van der Waals surface area (Å²) in [7, 11) is 1.56. The maximum absolute atomic E-state index is 5.34. The molecule has 1 aliphatic heterocycles. The Morgan fingerprint density at radius 3 is 3.00 bits per heavy atom. The van der Waals surface area contributed by atoms with Gasteiger partial charge in [0.2, 0.25) is 5.88 Å². The molecule has 1 saturated heterocycles. The molecule has 1 radical (unpaired) electrons. The summed E-state index contributed by atoms with van der Waals surface area (Å²) in [6.07, 6.45) is 5.31. The summed E-state index contributed by atoms with van der Waals surface area (Å²) in [6.45, 7) is 0.898. The van der Waals surface area contributed by atoms with Gasteiger partial charge in [-0.25, -0.2) is 15.3 Å². The molecule has 2 aromatic heterocycles. The zero-order valence-electron chi connectivity index (χ0n) is 10.0. The number of aromatic nitrogens is 3. The summed E-state index contributed by atoms with van der Waals surface area (Å²) in [4.78, 5) is 8.31. The van der Waals surface area contributed by atoms with Crippen molar-refractivity contribution in [2.45, 2.75) is 18.9 Å². The highest BCUT2D eigenvalue weighted by Crippen LogP contribution is 2.30. The highest BCUT2D eigenvalue weighted by Gasteiger charge is 2.23. The normalized spacial score (nSPS) is 19.1. The third-order valence-corrected chi connectivity index (χ3v) is 2.94. The van der Waals surface area contributed by atoms with Crippen LogP contribution in [-0.4, -0.2) is 28.8 Å². The molecule has 1 fully saturated rings. The number of ether oxygens (including phenoxy) is 1. The van der Waals surface area contributed by atoms with Crippen LogP contribution in [0.2, 0.25) is 0 Å². The minimum atomic E-state index is 0.133. The van der Waals surface area contributed by atoms with E-state index in [0.29, 0.717) is 17.3 Å². The summed E-state index contributed by atoms with van der Waals surface area (Å²) in [5, 5.41) is 8.48. The van der Waals surface area contributed by atoms with Crippen LogP contribution in [0, 0.1) is 0 Å². The minimum absolute atomic E-state index is 0.133. The lowest BCUT2D eigenvalue weighted by atomic mass is 10.1. The van der Waals surface area contributed by atoms with Crippen LogP contribution in [0.25, 0.3) is 11.4 Å². The number of rotatable bonds is 3. The van der Waals surface area contributed by atoms with Crippen molar-refractivity contribution >= 4 is 0 Å². The summed E-state index contributed by atoms with van der Waals surface area (Å²) in [5.74, 6) is 1.23. The summed E-state index contributed by atoms with van der Waals surface area (Å²) < 4.78 is 10.5. The molecule has 0 amide bonds. The first-order chi connectivity index (χ1) is 8.88. The maximum Gasteiger partial charge on any atom is 0.242 e. The second-order valence-electron chi connectivity index (χ2n) is 4.09. The molecule has 1 aliphatic rings. The van der Waals surface area contributed by atoms with Gasteiger partial charge in [-0.15, -0.1) is 0 Å². The van der Waals surface area contributed by atoms with Crippen molar-refractivity contribution in [3.8, 4) is 17.3 Å². The Hall–Kier alpha value is -1.95. The first-order valence-corrected chi connectivity index (χ1v) is 5.87. The van der Waals surface area contributed by atoms with Crippen LogP contribution in [0.15, 0.2) is 23.0 Å². The zero-order chi connectivity index (χ0) is 12.4. The van der Waals surface area contributed by atoms with Gasteiger partial charge in [0, 0.05) is 25.0 Å². The Labute approximate surface area is 104 Å². The quantitative estimate of drug-likeness (QED) is 0.820. The van der Waals surface area contributed by atoms with E-state index in [0.717, 1.165) is 25.1 Å². The van der Waals surface area contributed by atoms with Gasteiger partial charge >= 0.3 is 0 Å². The second-order valence-corrected chi connectivity index (χ2v) is 4.09. The molecule has 3 heterocycles. The fourth-order valence-electron chi connectivity index (χ4n) is 2.06. The van der Waals surface area contributed by atoms with E-state index in [1.807, 2.05) is 6.07 Å². The predicted molar refractivity (Wildman–Crippen MR) is 63.1 cm³/mol. The molecule has 1 atom stereocenters. The van der Waals surface area contributed by atoms with Crippen molar-refractivity contribution in [1.82, 2.24) is 20.4 Å². The van der Waals surface area contributed by atoms with Gasteiger partial charge in [0.05, 0.1) is 13.2 Å².